The predicted molar refractivity (Wildman–Crippen MR) is 109 cm³/mol. The lowest BCUT2D eigenvalue weighted by Crippen LogP contribution is -2.35. The number of benzene rings is 2. The molecule has 6 nitrogen and oxygen atoms in total. The summed E-state index contributed by atoms with van der Waals surface area (Å²) in [6, 6.07) is 10.4. The Bertz CT molecular complexity index is 1030. The fraction of sp³-hybridized carbons (Fsp3) is 0.429. The van der Waals surface area contributed by atoms with Crippen molar-refractivity contribution in [2.75, 3.05) is 31.6 Å². The van der Waals surface area contributed by atoms with Gasteiger partial charge in [-0.2, -0.15) is 8.78 Å². The van der Waals surface area contributed by atoms with Gasteiger partial charge in [-0.15, -0.1) is 0 Å². The van der Waals surface area contributed by atoms with Gasteiger partial charge in [-0.1, -0.05) is 0 Å². The zero-order valence-corrected chi connectivity index (χ0v) is 17.6. The average Bonchev–Trinajstić information content (AvgIpc) is 3.49. The van der Waals surface area contributed by atoms with E-state index in [1.807, 2.05) is 0 Å². The number of rotatable bonds is 7. The van der Waals surface area contributed by atoms with E-state index >= 15 is 0 Å². The highest BCUT2D eigenvalue weighted by atomic mass is 32.2. The van der Waals surface area contributed by atoms with Crippen LogP contribution in [0.1, 0.15) is 18.4 Å². The Kier molecular flexibility index (Phi) is 5.36. The zero-order valence-electron chi connectivity index (χ0n) is 16.8. The van der Waals surface area contributed by atoms with Crippen LogP contribution in [0, 0.1) is 5.92 Å². The minimum Gasteiger partial charge on any atom is -0.496 e. The summed E-state index contributed by atoms with van der Waals surface area (Å²) in [5.74, 6) is 1.19. The Balaban J connectivity index is 1.65. The topological polar surface area (TPSA) is 67.9 Å². The maximum Gasteiger partial charge on any atom is 0.387 e. The molecule has 0 aromatic heterocycles. The van der Waals surface area contributed by atoms with Gasteiger partial charge >= 0.3 is 6.61 Å². The fourth-order valence-electron chi connectivity index (χ4n) is 4.36. The highest BCUT2D eigenvalue weighted by Gasteiger charge is 2.57. The first-order valence-corrected chi connectivity index (χ1v) is 11.1. The number of piperidine rings is 1. The summed E-state index contributed by atoms with van der Waals surface area (Å²) in [7, 11) is -0.831. The smallest absolute Gasteiger partial charge is 0.387 e. The van der Waals surface area contributed by atoms with E-state index in [1.54, 1.807) is 19.2 Å². The molecule has 2 aromatic rings. The SMILES string of the molecule is COc1ccc(S(=O)(=O)N(C)c2ccc(OC(F)F)cc2)cc1C12CNCCC1C2. The molecule has 162 valence electrons. The van der Waals surface area contributed by atoms with Crippen molar-refractivity contribution >= 4 is 15.7 Å². The van der Waals surface area contributed by atoms with Crippen molar-refractivity contribution in [3.63, 3.8) is 0 Å². The van der Waals surface area contributed by atoms with Crippen LogP contribution in [0.25, 0.3) is 0 Å². The molecular weight excluding hydrogens is 414 g/mol. The van der Waals surface area contributed by atoms with Crippen LogP contribution < -0.4 is 19.1 Å². The Labute approximate surface area is 174 Å². The number of nitrogens with one attached hydrogen (secondary N) is 1. The number of anilines is 1. The standard InChI is InChI=1S/C21H24F2N2O4S/c1-25(15-3-5-16(6-4-15)29-20(22)23)30(26,27)17-7-8-19(28-2)18(11-17)21-12-14(21)9-10-24-13-21/h3-8,11,14,20,24H,9-10,12-13H2,1-2H3. The van der Waals surface area contributed by atoms with Crippen LogP contribution in [0.2, 0.25) is 0 Å². The summed E-state index contributed by atoms with van der Waals surface area (Å²) < 4.78 is 62.2. The van der Waals surface area contributed by atoms with Crippen molar-refractivity contribution < 1.29 is 26.7 Å². The lowest BCUT2D eigenvalue weighted by molar-refractivity contribution is -0.0498. The molecule has 1 aliphatic carbocycles. The van der Waals surface area contributed by atoms with Gasteiger partial charge in [0.15, 0.2) is 0 Å². The molecule has 1 aliphatic heterocycles. The van der Waals surface area contributed by atoms with Gasteiger partial charge in [-0.05, 0) is 67.8 Å². The molecule has 1 heterocycles. The number of alkyl halides is 2. The zero-order chi connectivity index (χ0) is 21.5. The molecule has 2 atom stereocenters. The molecule has 0 bridgehead atoms. The van der Waals surface area contributed by atoms with Gasteiger partial charge in [0.2, 0.25) is 0 Å². The number of fused-ring (bicyclic) bond motifs is 1. The molecule has 0 radical (unpaired) electrons. The molecule has 2 aliphatic rings. The number of halogens is 2. The van der Waals surface area contributed by atoms with Crippen molar-refractivity contribution in [1.82, 2.24) is 5.32 Å². The van der Waals surface area contributed by atoms with E-state index in [-0.39, 0.29) is 16.1 Å². The Morgan fingerprint density at radius 3 is 2.57 bits per heavy atom. The van der Waals surface area contributed by atoms with Gasteiger partial charge in [-0.25, -0.2) is 8.42 Å². The van der Waals surface area contributed by atoms with Gasteiger partial charge in [0.1, 0.15) is 11.5 Å². The first-order valence-electron chi connectivity index (χ1n) is 9.71. The van der Waals surface area contributed by atoms with E-state index in [2.05, 4.69) is 10.1 Å². The quantitative estimate of drug-likeness (QED) is 0.718. The van der Waals surface area contributed by atoms with Gasteiger partial charge in [0, 0.05) is 24.6 Å². The molecule has 1 saturated carbocycles. The fourth-order valence-corrected chi connectivity index (χ4v) is 5.58. The van der Waals surface area contributed by atoms with Crippen molar-refractivity contribution in [2.45, 2.75) is 29.8 Å². The van der Waals surface area contributed by atoms with Crippen molar-refractivity contribution in [1.29, 1.82) is 0 Å². The largest absolute Gasteiger partial charge is 0.496 e. The molecule has 2 fully saturated rings. The average molecular weight is 438 g/mol. The lowest BCUT2D eigenvalue weighted by atomic mass is 9.89. The van der Waals surface area contributed by atoms with Crippen molar-refractivity contribution in [2.24, 2.45) is 5.92 Å². The second kappa shape index (κ2) is 7.70. The second-order valence-corrected chi connectivity index (χ2v) is 9.70. The first kappa shape index (κ1) is 20.9. The highest BCUT2D eigenvalue weighted by molar-refractivity contribution is 7.92. The van der Waals surface area contributed by atoms with E-state index < -0.39 is 16.6 Å². The summed E-state index contributed by atoms with van der Waals surface area (Å²) >= 11 is 0. The Morgan fingerprint density at radius 2 is 1.93 bits per heavy atom. The number of hydrogen-bond acceptors (Lipinski definition) is 5. The summed E-state index contributed by atoms with van der Waals surface area (Å²) in [5.41, 5.74) is 1.18. The molecular formula is C21H24F2N2O4S. The number of ether oxygens (including phenoxy) is 2. The van der Waals surface area contributed by atoms with Gasteiger partial charge in [0.25, 0.3) is 10.0 Å². The summed E-state index contributed by atoms with van der Waals surface area (Å²) in [4.78, 5) is 0.166. The van der Waals surface area contributed by atoms with Gasteiger partial charge in [0.05, 0.1) is 17.7 Å². The van der Waals surface area contributed by atoms with Gasteiger partial charge in [-0.3, -0.25) is 4.31 Å². The molecule has 30 heavy (non-hydrogen) atoms. The molecule has 2 unspecified atom stereocenters. The van der Waals surface area contributed by atoms with Crippen LogP contribution in [0.4, 0.5) is 14.5 Å². The molecule has 2 aromatic carbocycles. The predicted octanol–water partition coefficient (Wildman–Crippen LogP) is 3.37. The van der Waals surface area contributed by atoms with E-state index in [1.165, 1.54) is 37.4 Å². The summed E-state index contributed by atoms with van der Waals surface area (Å²) in [6.07, 6.45) is 2.08. The number of methoxy groups -OCH3 is 1. The molecule has 0 spiro atoms. The van der Waals surface area contributed by atoms with Crippen LogP contribution in [-0.4, -0.2) is 42.3 Å². The minimum atomic E-state index is -3.85. The van der Waals surface area contributed by atoms with E-state index in [4.69, 9.17) is 4.74 Å². The number of sulfonamides is 1. The maximum absolute atomic E-state index is 13.3. The third-order valence-corrected chi connectivity index (χ3v) is 7.91. The van der Waals surface area contributed by atoms with Crippen molar-refractivity contribution in [3.8, 4) is 11.5 Å². The number of hydrogen-bond donors (Lipinski definition) is 1. The Hall–Kier alpha value is -2.39. The molecule has 1 saturated heterocycles. The second-order valence-electron chi connectivity index (χ2n) is 7.73. The van der Waals surface area contributed by atoms with Crippen LogP contribution in [-0.2, 0) is 15.4 Å². The van der Waals surface area contributed by atoms with E-state index in [0.29, 0.717) is 17.4 Å². The summed E-state index contributed by atoms with van der Waals surface area (Å²) in [5, 5.41) is 3.41. The monoisotopic (exact) mass is 438 g/mol. The van der Waals surface area contributed by atoms with Crippen LogP contribution >= 0.6 is 0 Å². The summed E-state index contributed by atoms with van der Waals surface area (Å²) in [6.45, 7) is -1.16. The first-order chi connectivity index (χ1) is 14.3. The molecule has 9 heteroatoms. The van der Waals surface area contributed by atoms with Crippen LogP contribution in [0.5, 0.6) is 11.5 Å². The van der Waals surface area contributed by atoms with E-state index in [0.717, 1.165) is 35.8 Å². The van der Waals surface area contributed by atoms with Crippen LogP contribution in [0.3, 0.4) is 0 Å². The molecule has 4 rings (SSSR count). The third-order valence-electron chi connectivity index (χ3n) is 6.13. The lowest BCUT2D eigenvalue weighted by Gasteiger charge is -2.26. The third kappa shape index (κ3) is 3.60. The molecule has 0 amide bonds. The Morgan fingerprint density at radius 1 is 1.20 bits per heavy atom. The number of nitrogens with zero attached hydrogens (tertiary/aromatic N) is 1. The molecule has 1 N–H and O–H groups in total. The normalized spacial score (nSPS) is 23.0. The maximum atomic E-state index is 13.3. The minimum absolute atomic E-state index is 0.0324. The van der Waals surface area contributed by atoms with Gasteiger partial charge < -0.3 is 14.8 Å². The van der Waals surface area contributed by atoms with Crippen LogP contribution in [0.15, 0.2) is 47.4 Å². The van der Waals surface area contributed by atoms with E-state index in [9.17, 15) is 17.2 Å². The highest BCUT2D eigenvalue weighted by Crippen LogP contribution is 2.59. The van der Waals surface area contributed by atoms with Crippen molar-refractivity contribution in [3.05, 3.63) is 48.0 Å².